The van der Waals surface area contributed by atoms with Crippen molar-refractivity contribution in [3.63, 3.8) is 0 Å². The van der Waals surface area contributed by atoms with Crippen LogP contribution >= 0.6 is 23.5 Å². The minimum absolute atomic E-state index is 0.117. The summed E-state index contributed by atoms with van der Waals surface area (Å²) in [6, 6.07) is 24.9. The van der Waals surface area contributed by atoms with Crippen molar-refractivity contribution >= 4 is 46.0 Å². The summed E-state index contributed by atoms with van der Waals surface area (Å²) < 4.78 is 1.49. The molecule has 150 valence electrons. The number of anilines is 1. The largest absolute Gasteiger partial charge is 0.324 e. The minimum atomic E-state index is -0.150. The van der Waals surface area contributed by atoms with Crippen LogP contribution in [0.4, 0.5) is 5.69 Å². The van der Waals surface area contributed by atoms with E-state index in [0.717, 1.165) is 15.5 Å². The van der Waals surface area contributed by atoms with E-state index in [0.29, 0.717) is 16.1 Å². The van der Waals surface area contributed by atoms with Gasteiger partial charge in [0.2, 0.25) is 5.91 Å². The topological polar surface area (TPSA) is 64.0 Å². The highest BCUT2D eigenvalue weighted by Crippen LogP contribution is 2.33. The zero-order valence-corrected chi connectivity index (χ0v) is 17.9. The summed E-state index contributed by atoms with van der Waals surface area (Å²) in [4.78, 5) is 31.7. The highest BCUT2D eigenvalue weighted by atomic mass is 32.2. The van der Waals surface area contributed by atoms with Crippen LogP contribution in [0.15, 0.2) is 98.6 Å². The molecule has 4 aromatic rings. The smallest absolute Gasteiger partial charge is 0.261 e. The number of fused-ring (bicyclic) bond motifs is 1. The number of nitrogens with one attached hydrogen (secondary N) is 1. The SMILES string of the molecule is Cn1c(SCC(=O)Nc2ccccc2Sc2ccccc2)nc2ccccc2c1=O. The third-order valence-corrected chi connectivity index (χ3v) is 6.52. The summed E-state index contributed by atoms with van der Waals surface area (Å²) in [6.45, 7) is 0. The van der Waals surface area contributed by atoms with Gasteiger partial charge < -0.3 is 5.32 Å². The molecule has 1 heterocycles. The fourth-order valence-corrected chi connectivity index (χ4v) is 4.61. The van der Waals surface area contributed by atoms with Crippen LogP contribution in [0.1, 0.15) is 0 Å². The number of thioether (sulfide) groups is 1. The number of carbonyl (C=O) groups is 1. The van der Waals surface area contributed by atoms with Gasteiger partial charge in [0.15, 0.2) is 5.16 Å². The molecule has 0 unspecified atom stereocenters. The standard InChI is InChI=1S/C23H19N3O2S2/c1-26-22(28)17-11-5-6-12-18(17)25-23(26)29-15-21(27)24-19-13-7-8-14-20(19)30-16-9-3-2-4-10-16/h2-14H,15H2,1H3,(H,24,27). The third-order valence-electron chi connectivity index (χ3n) is 4.41. The Hall–Kier alpha value is -3.03. The summed E-state index contributed by atoms with van der Waals surface area (Å²) in [5, 5.41) is 4.06. The van der Waals surface area contributed by atoms with Gasteiger partial charge in [-0.15, -0.1) is 0 Å². The predicted octanol–water partition coefficient (Wildman–Crippen LogP) is 4.82. The molecule has 30 heavy (non-hydrogen) atoms. The Kier molecular flexibility index (Phi) is 6.21. The zero-order chi connectivity index (χ0) is 20.9. The number of nitrogens with zero attached hydrogens (tertiary/aromatic N) is 2. The van der Waals surface area contributed by atoms with E-state index in [-0.39, 0.29) is 17.2 Å². The maximum Gasteiger partial charge on any atom is 0.261 e. The molecule has 1 N–H and O–H groups in total. The van der Waals surface area contributed by atoms with E-state index in [9.17, 15) is 9.59 Å². The fraction of sp³-hybridized carbons (Fsp3) is 0.0870. The number of hydrogen-bond donors (Lipinski definition) is 1. The van der Waals surface area contributed by atoms with Gasteiger partial charge in [-0.1, -0.05) is 66.0 Å². The first-order valence-electron chi connectivity index (χ1n) is 9.32. The van der Waals surface area contributed by atoms with Gasteiger partial charge in [-0.25, -0.2) is 4.98 Å². The highest BCUT2D eigenvalue weighted by Gasteiger charge is 2.12. The van der Waals surface area contributed by atoms with Crippen molar-refractivity contribution in [2.45, 2.75) is 14.9 Å². The summed E-state index contributed by atoms with van der Waals surface area (Å²) in [6.07, 6.45) is 0. The first-order valence-corrected chi connectivity index (χ1v) is 11.1. The molecule has 0 radical (unpaired) electrons. The summed E-state index contributed by atoms with van der Waals surface area (Å²) in [5.74, 6) is 0.00619. The van der Waals surface area contributed by atoms with Crippen molar-refractivity contribution in [1.82, 2.24) is 9.55 Å². The molecule has 0 spiro atoms. The van der Waals surface area contributed by atoms with Gasteiger partial charge in [0.1, 0.15) is 0 Å². The van der Waals surface area contributed by atoms with Crippen LogP contribution in [0, 0.1) is 0 Å². The molecule has 1 aromatic heterocycles. The molecule has 0 atom stereocenters. The molecule has 0 saturated carbocycles. The van der Waals surface area contributed by atoms with Crippen LogP contribution in [-0.2, 0) is 11.8 Å². The lowest BCUT2D eigenvalue weighted by Crippen LogP contribution is -2.21. The number of rotatable bonds is 6. The summed E-state index contributed by atoms with van der Waals surface area (Å²) in [7, 11) is 1.67. The van der Waals surface area contributed by atoms with Crippen molar-refractivity contribution in [3.8, 4) is 0 Å². The number of amides is 1. The monoisotopic (exact) mass is 433 g/mol. The third kappa shape index (κ3) is 4.58. The van der Waals surface area contributed by atoms with E-state index in [1.807, 2.05) is 66.7 Å². The second-order valence-electron chi connectivity index (χ2n) is 6.52. The van der Waals surface area contributed by atoms with Crippen LogP contribution < -0.4 is 10.9 Å². The normalized spacial score (nSPS) is 10.8. The van der Waals surface area contributed by atoms with Crippen molar-refractivity contribution in [2.24, 2.45) is 7.05 Å². The van der Waals surface area contributed by atoms with E-state index in [2.05, 4.69) is 10.3 Å². The Labute approximate surface area is 182 Å². The fourth-order valence-electron chi connectivity index (χ4n) is 2.92. The van der Waals surface area contributed by atoms with E-state index in [1.54, 1.807) is 30.9 Å². The highest BCUT2D eigenvalue weighted by molar-refractivity contribution is 8.00. The lowest BCUT2D eigenvalue weighted by molar-refractivity contribution is -0.113. The minimum Gasteiger partial charge on any atom is -0.324 e. The van der Waals surface area contributed by atoms with E-state index in [1.165, 1.54) is 16.3 Å². The molecule has 0 bridgehead atoms. The van der Waals surface area contributed by atoms with Crippen molar-refractivity contribution < 1.29 is 4.79 Å². The first-order chi connectivity index (χ1) is 14.6. The maximum absolute atomic E-state index is 12.6. The van der Waals surface area contributed by atoms with Crippen molar-refractivity contribution in [2.75, 3.05) is 11.1 Å². The quantitative estimate of drug-likeness (QED) is 0.349. The van der Waals surface area contributed by atoms with Crippen LogP contribution in [0.25, 0.3) is 10.9 Å². The van der Waals surface area contributed by atoms with E-state index in [4.69, 9.17) is 0 Å². The van der Waals surface area contributed by atoms with Gasteiger partial charge in [0, 0.05) is 16.8 Å². The second-order valence-corrected chi connectivity index (χ2v) is 8.58. The van der Waals surface area contributed by atoms with Crippen LogP contribution in [0.2, 0.25) is 0 Å². The average Bonchev–Trinajstić information content (AvgIpc) is 2.77. The molecule has 0 aliphatic carbocycles. The van der Waals surface area contributed by atoms with E-state index >= 15 is 0 Å². The Morgan fingerprint density at radius 1 is 0.967 bits per heavy atom. The number of aromatic nitrogens is 2. The summed E-state index contributed by atoms with van der Waals surface area (Å²) in [5.41, 5.74) is 1.28. The van der Waals surface area contributed by atoms with Gasteiger partial charge in [0.05, 0.1) is 22.3 Å². The van der Waals surface area contributed by atoms with Gasteiger partial charge >= 0.3 is 0 Å². The molecule has 0 aliphatic heterocycles. The molecule has 0 aliphatic rings. The molecular formula is C23H19N3O2S2. The van der Waals surface area contributed by atoms with Crippen molar-refractivity contribution in [3.05, 3.63) is 89.2 Å². The number of carbonyl (C=O) groups excluding carboxylic acids is 1. The van der Waals surface area contributed by atoms with Gasteiger partial charge in [-0.3, -0.25) is 14.2 Å². The van der Waals surface area contributed by atoms with E-state index < -0.39 is 0 Å². The molecule has 0 fully saturated rings. The molecule has 0 saturated heterocycles. The lowest BCUT2D eigenvalue weighted by Gasteiger charge is -2.11. The van der Waals surface area contributed by atoms with Crippen LogP contribution in [0.3, 0.4) is 0 Å². The van der Waals surface area contributed by atoms with Gasteiger partial charge in [-0.05, 0) is 36.4 Å². The van der Waals surface area contributed by atoms with Crippen LogP contribution in [0.5, 0.6) is 0 Å². The Morgan fingerprint density at radius 3 is 2.50 bits per heavy atom. The molecule has 7 heteroatoms. The summed E-state index contributed by atoms with van der Waals surface area (Å²) >= 11 is 2.84. The first kappa shape index (κ1) is 20.3. The second kappa shape index (κ2) is 9.19. The molecule has 4 rings (SSSR count). The van der Waals surface area contributed by atoms with Gasteiger partial charge in [-0.2, -0.15) is 0 Å². The maximum atomic E-state index is 12.6. The molecule has 1 amide bonds. The number of hydrogen-bond acceptors (Lipinski definition) is 5. The average molecular weight is 434 g/mol. The molecular weight excluding hydrogens is 414 g/mol. The Bertz CT molecular complexity index is 1260. The Balaban J connectivity index is 1.47. The number of para-hydroxylation sites is 2. The molecule has 5 nitrogen and oxygen atoms in total. The molecule has 3 aromatic carbocycles. The zero-order valence-electron chi connectivity index (χ0n) is 16.2. The Morgan fingerprint density at radius 2 is 1.67 bits per heavy atom. The lowest BCUT2D eigenvalue weighted by atomic mass is 10.2. The van der Waals surface area contributed by atoms with Crippen molar-refractivity contribution in [1.29, 1.82) is 0 Å². The number of benzene rings is 3. The van der Waals surface area contributed by atoms with Gasteiger partial charge in [0.25, 0.3) is 5.56 Å². The predicted molar refractivity (Wildman–Crippen MR) is 123 cm³/mol. The van der Waals surface area contributed by atoms with Crippen LogP contribution in [-0.4, -0.2) is 21.2 Å².